The Balaban J connectivity index is 1.81. The van der Waals surface area contributed by atoms with Gasteiger partial charge in [0, 0.05) is 24.8 Å². The Morgan fingerprint density at radius 2 is 2.11 bits per heavy atom. The van der Waals surface area contributed by atoms with Crippen molar-refractivity contribution in [2.75, 3.05) is 6.61 Å². The summed E-state index contributed by atoms with van der Waals surface area (Å²) in [5, 5.41) is 10.7. The van der Waals surface area contributed by atoms with E-state index in [0.29, 0.717) is 13.0 Å². The average Bonchev–Trinajstić information content (AvgIpc) is 2.89. The molecule has 94 valence electrons. The van der Waals surface area contributed by atoms with Crippen molar-refractivity contribution < 1.29 is 9.84 Å². The van der Waals surface area contributed by atoms with Crippen molar-refractivity contribution in [2.45, 2.75) is 25.0 Å². The van der Waals surface area contributed by atoms with E-state index < -0.39 is 0 Å². The number of benzene rings is 1. The highest BCUT2D eigenvalue weighted by molar-refractivity contribution is 7.15. The summed E-state index contributed by atoms with van der Waals surface area (Å²) in [4.78, 5) is 5.55. The molecule has 18 heavy (non-hydrogen) atoms. The molecule has 1 aromatic heterocycles. The fourth-order valence-corrected chi connectivity index (χ4v) is 3.11. The zero-order chi connectivity index (χ0) is 12.4. The summed E-state index contributed by atoms with van der Waals surface area (Å²) < 4.78 is 5.69. The van der Waals surface area contributed by atoms with Crippen LogP contribution in [0.1, 0.15) is 23.8 Å². The second kappa shape index (κ2) is 5.18. The van der Waals surface area contributed by atoms with Crippen LogP contribution in [0.5, 0.6) is 0 Å². The van der Waals surface area contributed by atoms with Gasteiger partial charge in [-0.2, -0.15) is 0 Å². The molecule has 1 aliphatic rings. The van der Waals surface area contributed by atoms with Crippen LogP contribution in [0, 0.1) is 0 Å². The van der Waals surface area contributed by atoms with E-state index in [1.807, 2.05) is 24.4 Å². The number of thiazole rings is 1. The maximum Gasteiger partial charge on any atom is 0.123 e. The Hall–Kier alpha value is -1.23. The van der Waals surface area contributed by atoms with Crippen molar-refractivity contribution in [1.29, 1.82) is 0 Å². The molecular weight excluding hydrogens is 246 g/mol. The minimum absolute atomic E-state index is 0.00344. The average molecular weight is 261 g/mol. The lowest BCUT2D eigenvalue weighted by molar-refractivity contribution is -0.0432. The lowest BCUT2D eigenvalue weighted by atomic mass is 10.1. The first kappa shape index (κ1) is 11.8. The van der Waals surface area contributed by atoms with Crippen molar-refractivity contribution in [1.82, 2.24) is 4.98 Å². The fourth-order valence-electron chi connectivity index (χ4n) is 2.13. The first-order valence-corrected chi connectivity index (χ1v) is 6.95. The molecule has 4 heteroatoms. The lowest BCUT2D eigenvalue weighted by Crippen LogP contribution is -2.22. The maximum atomic E-state index is 9.67. The minimum atomic E-state index is -0.244. The van der Waals surface area contributed by atoms with Crippen molar-refractivity contribution in [2.24, 2.45) is 0 Å². The molecule has 0 spiro atoms. The molecule has 0 bridgehead atoms. The molecule has 1 aliphatic heterocycles. The number of hydrogen-bond acceptors (Lipinski definition) is 4. The molecular formula is C14H15NO2S. The second-order valence-corrected chi connectivity index (χ2v) is 5.53. The van der Waals surface area contributed by atoms with Gasteiger partial charge in [0.2, 0.25) is 0 Å². The molecule has 1 aromatic carbocycles. The number of ether oxygens (including phenoxy) is 1. The summed E-state index contributed by atoms with van der Waals surface area (Å²) >= 11 is 1.65. The van der Waals surface area contributed by atoms with Crippen LogP contribution >= 0.6 is 11.3 Å². The van der Waals surface area contributed by atoms with Crippen LogP contribution < -0.4 is 0 Å². The van der Waals surface area contributed by atoms with E-state index >= 15 is 0 Å². The van der Waals surface area contributed by atoms with Gasteiger partial charge in [0.05, 0.1) is 17.1 Å². The van der Waals surface area contributed by atoms with Gasteiger partial charge in [-0.05, 0) is 6.42 Å². The van der Waals surface area contributed by atoms with Crippen molar-refractivity contribution in [3.8, 4) is 10.6 Å². The Morgan fingerprint density at radius 3 is 2.89 bits per heavy atom. The maximum absolute atomic E-state index is 9.67. The number of nitrogens with zero attached hydrogens (tertiary/aromatic N) is 1. The molecule has 2 atom stereocenters. The molecule has 2 aromatic rings. The summed E-state index contributed by atoms with van der Waals surface area (Å²) in [5.41, 5.74) is 1.13. The minimum Gasteiger partial charge on any atom is -0.393 e. The van der Waals surface area contributed by atoms with Gasteiger partial charge in [0.1, 0.15) is 5.01 Å². The Morgan fingerprint density at radius 1 is 1.28 bits per heavy atom. The molecule has 1 N–H and O–H groups in total. The van der Waals surface area contributed by atoms with E-state index in [1.165, 1.54) is 0 Å². The van der Waals surface area contributed by atoms with Gasteiger partial charge in [0.25, 0.3) is 0 Å². The van der Waals surface area contributed by atoms with Gasteiger partial charge >= 0.3 is 0 Å². The third-order valence-electron chi connectivity index (χ3n) is 3.12. The number of hydrogen-bond donors (Lipinski definition) is 1. The molecule has 0 aliphatic carbocycles. The highest BCUT2D eigenvalue weighted by atomic mass is 32.1. The molecule has 1 saturated heterocycles. The number of aromatic nitrogens is 1. The van der Waals surface area contributed by atoms with Crippen molar-refractivity contribution >= 4 is 11.3 Å². The Labute approximate surface area is 110 Å². The standard InChI is InChI=1S/C14H15NO2S/c16-11-6-7-17-12(8-11)13-9-15-14(18-13)10-4-2-1-3-5-10/h1-5,9,11-12,16H,6-8H2. The van der Waals surface area contributed by atoms with Crippen LogP contribution in [0.2, 0.25) is 0 Å². The normalized spacial score (nSPS) is 24.1. The van der Waals surface area contributed by atoms with Crippen LogP contribution in [0.25, 0.3) is 10.6 Å². The molecule has 0 amide bonds. The summed E-state index contributed by atoms with van der Waals surface area (Å²) in [6, 6.07) is 10.1. The van der Waals surface area contributed by atoms with E-state index in [4.69, 9.17) is 4.74 Å². The van der Waals surface area contributed by atoms with Gasteiger partial charge in [-0.25, -0.2) is 4.98 Å². The van der Waals surface area contributed by atoms with Crippen LogP contribution in [0.15, 0.2) is 36.5 Å². The van der Waals surface area contributed by atoms with Gasteiger partial charge in [-0.1, -0.05) is 30.3 Å². The molecule has 3 nitrogen and oxygen atoms in total. The Kier molecular flexibility index (Phi) is 3.41. The van der Waals surface area contributed by atoms with Crippen molar-refractivity contribution in [3.63, 3.8) is 0 Å². The summed E-state index contributed by atoms with van der Waals surface area (Å²) in [6.07, 6.45) is 3.04. The van der Waals surface area contributed by atoms with E-state index in [9.17, 15) is 5.11 Å². The zero-order valence-electron chi connectivity index (χ0n) is 9.95. The highest BCUT2D eigenvalue weighted by Crippen LogP contribution is 2.34. The third-order valence-corrected chi connectivity index (χ3v) is 4.26. The molecule has 2 heterocycles. The summed E-state index contributed by atoms with van der Waals surface area (Å²) in [7, 11) is 0. The zero-order valence-corrected chi connectivity index (χ0v) is 10.8. The molecule has 0 saturated carbocycles. The largest absolute Gasteiger partial charge is 0.393 e. The second-order valence-electron chi connectivity index (χ2n) is 4.47. The monoisotopic (exact) mass is 261 g/mol. The first-order chi connectivity index (χ1) is 8.83. The van der Waals surface area contributed by atoms with Crippen LogP contribution in [-0.2, 0) is 4.74 Å². The highest BCUT2D eigenvalue weighted by Gasteiger charge is 2.24. The predicted molar refractivity (Wildman–Crippen MR) is 71.5 cm³/mol. The number of rotatable bonds is 2. The quantitative estimate of drug-likeness (QED) is 0.903. The van der Waals surface area contributed by atoms with Gasteiger partial charge in [-0.3, -0.25) is 0 Å². The SMILES string of the molecule is OC1CCOC(c2cnc(-c3ccccc3)s2)C1. The predicted octanol–water partition coefficient (Wildman–Crippen LogP) is 3.02. The third kappa shape index (κ3) is 2.46. The Bertz CT molecular complexity index is 512. The lowest BCUT2D eigenvalue weighted by Gasteiger charge is -2.25. The number of aliphatic hydroxyl groups excluding tert-OH is 1. The number of aliphatic hydroxyl groups is 1. The molecule has 2 unspecified atom stereocenters. The van der Waals surface area contributed by atoms with E-state index in [2.05, 4.69) is 17.1 Å². The van der Waals surface area contributed by atoms with Crippen LogP contribution in [0.4, 0.5) is 0 Å². The van der Waals surface area contributed by atoms with Crippen LogP contribution in [0.3, 0.4) is 0 Å². The topological polar surface area (TPSA) is 42.4 Å². The van der Waals surface area contributed by atoms with E-state index in [-0.39, 0.29) is 12.2 Å². The van der Waals surface area contributed by atoms with E-state index in [0.717, 1.165) is 21.9 Å². The van der Waals surface area contributed by atoms with Gasteiger partial charge in [-0.15, -0.1) is 11.3 Å². The van der Waals surface area contributed by atoms with Crippen LogP contribution in [-0.4, -0.2) is 22.8 Å². The molecule has 3 rings (SSSR count). The van der Waals surface area contributed by atoms with Crippen molar-refractivity contribution in [3.05, 3.63) is 41.4 Å². The fraction of sp³-hybridized carbons (Fsp3) is 0.357. The smallest absolute Gasteiger partial charge is 0.123 e. The molecule has 1 fully saturated rings. The van der Waals surface area contributed by atoms with Gasteiger partial charge < -0.3 is 9.84 Å². The van der Waals surface area contributed by atoms with E-state index in [1.54, 1.807) is 11.3 Å². The summed E-state index contributed by atoms with van der Waals surface area (Å²) in [6.45, 7) is 0.629. The van der Waals surface area contributed by atoms with Gasteiger partial charge in [0.15, 0.2) is 0 Å². The molecule has 0 radical (unpaired) electrons. The first-order valence-electron chi connectivity index (χ1n) is 6.14. The summed E-state index contributed by atoms with van der Waals surface area (Å²) in [5.74, 6) is 0.